The van der Waals surface area contributed by atoms with Crippen molar-refractivity contribution < 1.29 is 9.59 Å². The van der Waals surface area contributed by atoms with Crippen molar-refractivity contribution in [1.29, 1.82) is 0 Å². The molecule has 0 atom stereocenters. The number of hydrogen-bond donors (Lipinski definition) is 2. The molecule has 0 radical (unpaired) electrons. The van der Waals surface area contributed by atoms with E-state index in [0.717, 1.165) is 28.1 Å². The predicted molar refractivity (Wildman–Crippen MR) is 123 cm³/mol. The van der Waals surface area contributed by atoms with Gasteiger partial charge in [-0.15, -0.1) is 23.1 Å². The third-order valence-electron chi connectivity index (χ3n) is 4.18. The molecule has 1 heterocycles. The van der Waals surface area contributed by atoms with Crippen LogP contribution in [-0.4, -0.2) is 28.3 Å². The molecular formula is C22H23N3O2S2. The Hall–Kier alpha value is -2.64. The van der Waals surface area contributed by atoms with Gasteiger partial charge in [-0.05, 0) is 44.0 Å². The summed E-state index contributed by atoms with van der Waals surface area (Å²) in [7, 11) is 0. The second kappa shape index (κ2) is 9.71. The van der Waals surface area contributed by atoms with E-state index in [0.29, 0.717) is 5.13 Å². The van der Waals surface area contributed by atoms with Gasteiger partial charge in [0.25, 0.3) is 0 Å². The van der Waals surface area contributed by atoms with Gasteiger partial charge in [0.1, 0.15) is 0 Å². The molecule has 0 unspecified atom stereocenters. The Labute approximate surface area is 179 Å². The van der Waals surface area contributed by atoms with E-state index >= 15 is 0 Å². The Bertz CT molecular complexity index is 1030. The Balaban J connectivity index is 1.46. The van der Waals surface area contributed by atoms with Crippen LogP contribution in [0.2, 0.25) is 0 Å². The summed E-state index contributed by atoms with van der Waals surface area (Å²) in [6.45, 7) is 6.08. The first-order chi connectivity index (χ1) is 13.9. The molecule has 5 nitrogen and oxygen atoms in total. The summed E-state index contributed by atoms with van der Waals surface area (Å²) < 4.78 is 0. The number of thioether (sulfide) groups is 1. The molecule has 150 valence electrons. The van der Waals surface area contributed by atoms with E-state index in [2.05, 4.69) is 41.6 Å². The van der Waals surface area contributed by atoms with Crippen LogP contribution in [0.25, 0.3) is 11.3 Å². The lowest BCUT2D eigenvalue weighted by Gasteiger charge is -2.06. The van der Waals surface area contributed by atoms with Crippen molar-refractivity contribution in [1.82, 2.24) is 4.98 Å². The average Bonchev–Trinajstić information content (AvgIpc) is 3.09. The number of rotatable bonds is 7. The molecule has 0 aliphatic carbocycles. The minimum absolute atomic E-state index is 0.125. The van der Waals surface area contributed by atoms with E-state index in [9.17, 15) is 9.59 Å². The van der Waals surface area contributed by atoms with Crippen molar-refractivity contribution in [3.63, 3.8) is 0 Å². The van der Waals surface area contributed by atoms with E-state index in [1.165, 1.54) is 28.7 Å². The van der Waals surface area contributed by atoms with E-state index in [-0.39, 0.29) is 23.3 Å². The second-order valence-corrected chi connectivity index (χ2v) is 8.66. The van der Waals surface area contributed by atoms with Crippen LogP contribution in [-0.2, 0) is 9.59 Å². The van der Waals surface area contributed by atoms with Crippen molar-refractivity contribution in [3.05, 3.63) is 64.5 Å². The predicted octanol–water partition coefficient (Wildman–Crippen LogP) is 5.05. The standard InChI is InChI=1S/C22H23N3O2S2/c1-14-5-4-6-17(10-14)23-20(26)12-28-13-21(27)25-22-24-19(11-29-22)18-8-7-15(2)9-16(18)3/h4-11H,12-13H2,1-3H3,(H,23,26)(H,24,25,27). The van der Waals surface area contributed by atoms with Crippen LogP contribution in [0.4, 0.5) is 10.8 Å². The molecule has 0 aliphatic rings. The number of carbonyl (C=O) groups is 2. The monoisotopic (exact) mass is 425 g/mol. The number of benzene rings is 2. The van der Waals surface area contributed by atoms with Gasteiger partial charge in [-0.25, -0.2) is 4.98 Å². The normalized spacial score (nSPS) is 10.6. The summed E-state index contributed by atoms with van der Waals surface area (Å²) in [6, 6.07) is 13.8. The highest BCUT2D eigenvalue weighted by molar-refractivity contribution is 8.00. The first kappa shape index (κ1) is 21.1. The molecule has 0 bridgehead atoms. The van der Waals surface area contributed by atoms with Gasteiger partial charge >= 0.3 is 0 Å². The quantitative estimate of drug-likeness (QED) is 0.556. The van der Waals surface area contributed by atoms with Crippen molar-refractivity contribution in [3.8, 4) is 11.3 Å². The number of aryl methyl sites for hydroxylation is 3. The van der Waals surface area contributed by atoms with E-state index in [4.69, 9.17) is 0 Å². The lowest BCUT2D eigenvalue weighted by atomic mass is 10.0. The van der Waals surface area contributed by atoms with Gasteiger partial charge in [0.05, 0.1) is 17.2 Å². The highest BCUT2D eigenvalue weighted by Crippen LogP contribution is 2.28. The Kier molecular flexibility index (Phi) is 7.06. The molecule has 1 aromatic heterocycles. The molecule has 7 heteroatoms. The summed E-state index contributed by atoms with van der Waals surface area (Å²) in [5, 5.41) is 8.15. The number of anilines is 2. The average molecular weight is 426 g/mol. The number of aromatic nitrogens is 1. The zero-order valence-electron chi connectivity index (χ0n) is 16.6. The molecule has 3 rings (SSSR count). The number of hydrogen-bond acceptors (Lipinski definition) is 5. The van der Waals surface area contributed by atoms with Crippen molar-refractivity contribution in [2.45, 2.75) is 20.8 Å². The van der Waals surface area contributed by atoms with Gasteiger partial charge < -0.3 is 10.6 Å². The minimum atomic E-state index is -0.167. The molecule has 0 saturated carbocycles. The van der Waals surface area contributed by atoms with Gasteiger partial charge in [0, 0.05) is 16.6 Å². The van der Waals surface area contributed by atoms with Crippen LogP contribution in [0.5, 0.6) is 0 Å². The summed E-state index contributed by atoms with van der Waals surface area (Å²) in [5.74, 6) is 0.117. The maximum Gasteiger partial charge on any atom is 0.236 e. The lowest BCUT2D eigenvalue weighted by Crippen LogP contribution is -2.18. The first-order valence-corrected chi connectivity index (χ1v) is 11.2. The number of nitrogens with one attached hydrogen (secondary N) is 2. The fraction of sp³-hybridized carbons (Fsp3) is 0.227. The minimum Gasteiger partial charge on any atom is -0.325 e. The number of carbonyl (C=O) groups excluding carboxylic acids is 2. The second-order valence-electron chi connectivity index (χ2n) is 6.81. The Morgan fingerprint density at radius 2 is 1.69 bits per heavy atom. The smallest absolute Gasteiger partial charge is 0.236 e. The molecule has 2 aromatic carbocycles. The SMILES string of the molecule is Cc1cccc(NC(=O)CSCC(=O)Nc2nc(-c3ccc(C)cc3C)cs2)c1. The molecule has 2 amide bonds. The molecular weight excluding hydrogens is 402 g/mol. The molecule has 2 N–H and O–H groups in total. The van der Waals surface area contributed by atoms with Gasteiger partial charge in [-0.3, -0.25) is 9.59 Å². The molecule has 0 aliphatic heterocycles. The third-order valence-corrected chi connectivity index (χ3v) is 5.87. The Morgan fingerprint density at radius 3 is 2.41 bits per heavy atom. The van der Waals surface area contributed by atoms with Crippen LogP contribution in [0.3, 0.4) is 0 Å². The van der Waals surface area contributed by atoms with Gasteiger partial charge in [0.15, 0.2) is 5.13 Å². The highest BCUT2D eigenvalue weighted by atomic mass is 32.2. The van der Waals surface area contributed by atoms with Gasteiger partial charge in [0.2, 0.25) is 11.8 Å². The maximum absolute atomic E-state index is 12.2. The Morgan fingerprint density at radius 1 is 0.966 bits per heavy atom. The van der Waals surface area contributed by atoms with Gasteiger partial charge in [-0.1, -0.05) is 35.9 Å². The highest BCUT2D eigenvalue weighted by Gasteiger charge is 2.11. The number of nitrogens with zero attached hydrogens (tertiary/aromatic N) is 1. The van der Waals surface area contributed by atoms with E-state index < -0.39 is 0 Å². The topological polar surface area (TPSA) is 71.1 Å². The zero-order chi connectivity index (χ0) is 20.8. The van der Waals surface area contributed by atoms with Crippen molar-refractivity contribution in [2.24, 2.45) is 0 Å². The molecule has 0 spiro atoms. The number of thiazole rings is 1. The van der Waals surface area contributed by atoms with Crippen LogP contribution in [0, 0.1) is 20.8 Å². The van der Waals surface area contributed by atoms with Crippen LogP contribution in [0.15, 0.2) is 47.8 Å². The maximum atomic E-state index is 12.2. The summed E-state index contributed by atoms with van der Waals surface area (Å²) in [5.41, 5.74) is 6.13. The summed E-state index contributed by atoms with van der Waals surface area (Å²) in [6.07, 6.45) is 0. The zero-order valence-corrected chi connectivity index (χ0v) is 18.2. The summed E-state index contributed by atoms with van der Waals surface area (Å²) >= 11 is 2.67. The molecule has 3 aromatic rings. The molecule has 29 heavy (non-hydrogen) atoms. The summed E-state index contributed by atoms with van der Waals surface area (Å²) in [4.78, 5) is 28.7. The molecule has 0 fully saturated rings. The number of amides is 2. The van der Waals surface area contributed by atoms with Crippen LogP contribution < -0.4 is 10.6 Å². The van der Waals surface area contributed by atoms with E-state index in [1.807, 2.05) is 42.6 Å². The van der Waals surface area contributed by atoms with Crippen LogP contribution in [0.1, 0.15) is 16.7 Å². The first-order valence-electron chi connectivity index (χ1n) is 9.18. The van der Waals surface area contributed by atoms with Crippen LogP contribution >= 0.6 is 23.1 Å². The van der Waals surface area contributed by atoms with Crippen molar-refractivity contribution >= 4 is 45.7 Å². The fourth-order valence-electron chi connectivity index (χ4n) is 2.87. The third kappa shape index (κ3) is 6.17. The van der Waals surface area contributed by atoms with E-state index in [1.54, 1.807) is 0 Å². The lowest BCUT2D eigenvalue weighted by molar-refractivity contribution is -0.114. The van der Waals surface area contributed by atoms with Crippen molar-refractivity contribution in [2.75, 3.05) is 22.1 Å². The fourth-order valence-corrected chi connectivity index (χ4v) is 4.21. The van der Waals surface area contributed by atoms with Gasteiger partial charge in [-0.2, -0.15) is 0 Å². The molecule has 0 saturated heterocycles. The largest absolute Gasteiger partial charge is 0.325 e.